The lowest BCUT2D eigenvalue weighted by atomic mass is 9.83. The van der Waals surface area contributed by atoms with Crippen LogP contribution in [0.1, 0.15) is 70.6 Å². The van der Waals surface area contributed by atoms with E-state index in [-0.39, 0.29) is 25.4 Å². The quantitative estimate of drug-likeness (QED) is 0.187. The molecule has 8 heteroatoms. The van der Waals surface area contributed by atoms with Gasteiger partial charge in [-0.3, -0.25) is 9.59 Å². The standard InChI is InChI=1S/C35H42N2O6/c1-5-22-36-33(40)35(21-20-30(39)43-34(2,3)4)31(27-14-12-26(13-15-27)25-10-7-6-8-11-25)42-32(37-35)28-16-18-29(19-17-28)41-24-9-23-38/h6-8,10-19,31,38H,5,9,20-24H2,1-4H3,(H,36,40)/t31-,35-/m1/s1. The van der Waals surface area contributed by atoms with Gasteiger partial charge in [-0.05, 0) is 74.6 Å². The Morgan fingerprint density at radius 2 is 1.60 bits per heavy atom. The number of ether oxygens (including phenoxy) is 3. The van der Waals surface area contributed by atoms with Crippen LogP contribution in [0.25, 0.3) is 11.1 Å². The highest BCUT2D eigenvalue weighted by atomic mass is 16.6. The molecule has 8 nitrogen and oxygen atoms in total. The highest BCUT2D eigenvalue weighted by Gasteiger charge is 2.53. The Hall–Kier alpha value is -4.17. The van der Waals surface area contributed by atoms with Crippen LogP contribution in [0.15, 0.2) is 83.9 Å². The van der Waals surface area contributed by atoms with Crippen molar-refractivity contribution in [2.24, 2.45) is 4.99 Å². The molecule has 2 N–H and O–H groups in total. The minimum atomic E-state index is -1.40. The normalized spacial score (nSPS) is 18.0. The van der Waals surface area contributed by atoms with Crippen LogP contribution in [0.4, 0.5) is 0 Å². The Morgan fingerprint density at radius 3 is 2.23 bits per heavy atom. The number of hydrogen-bond acceptors (Lipinski definition) is 7. The summed E-state index contributed by atoms with van der Waals surface area (Å²) in [6, 6.07) is 25.3. The van der Waals surface area contributed by atoms with Gasteiger partial charge in [0.15, 0.2) is 11.6 Å². The van der Waals surface area contributed by atoms with Crippen molar-refractivity contribution in [3.8, 4) is 16.9 Å². The van der Waals surface area contributed by atoms with Crippen molar-refractivity contribution >= 4 is 17.8 Å². The van der Waals surface area contributed by atoms with E-state index in [1.165, 1.54) is 0 Å². The molecule has 43 heavy (non-hydrogen) atoms. The summed E-state index contributed by atoms with van der Waals surface area (Å²) < 4.78 is 17.8. The second kappa shape index (κ2) is 14.3. The molecule has 1 heterocycles. The number of aliphatic hydroxyl groups excluding tert-OH is 1. The van der Waals surface area contributed by atoms with Crippen molar-refractivity contribution in [2.45, 2.75) is 70.6 Å². The van der Waals surface area contributed by atoms with E-state index in [1.807, 2.05) is 94.4 Å². The van der Waals surface area contributed by atoms with Gasteiger partial charge in [0, 0.05) is 31.6 Å². The number of nitrogens with one attached hydrogen (secondary N) is 1. The number of aliphatic hydroxyl groups is 1. The van der Waals surface area contributed by atoms with Crippen LogP contribution in [0.3, 0.4) is 0 Å². The Bertz CT molecular complexity index is 1380. The first-order valence-corrected chi connectivity index (χ1v) is 14.9. The molecule has 0 saturated heterocycles. The summed E-state index contributed by atoms with van der Waals surface area (Å²) in [7, 11) is 0. The molecule has 0 bridgehead atoms. The van der Waals surface area contributed by atoms with Crippen LogP contribution in [-0.2, 0) is 19.1 Å². The van der Waals surface area contributed by atoms with Gasteiger partial charge >= 0.3 is 5.97 Å². The summed E-state index contributed by atoms with van der Waals surface area (Å²) in [6.07, 6.45) is 0.614. The van der Waals surface area contributed by atoms with E-state index >= 15 is 0 Å². The van der Waals surface area contributed by atoms with E-state index in [4.69, 9.17) is 24.3 Å². The second-order valence-electron chi connectivity index (χ2n) is 11.6. The summed E-state index contributed by atoms with van der Waals surface area (Å²) in [6.45, 7) is 8.37. The third-order valence-corrected chi connectivity index (χ3v) is 7.02. The Balaban J connectivity index is 1.71. The third kappa shape index (κ3) is 8.23. The molecule has 0 saturated carbocycles. The average molecular weight is 587 g/mol. The first-order chi connectivity index (χ1) is 20.6. The average Bonchev–Trinajstić information content (AvgIpc) is 3.40. The van der Waals surface area contributed by atoms with Crippen LogP contribution in [0.2, 0.25) is 0 Å². The maximum absolute atomic E-state index is 14.0. The Kier molecular flexibility index (Phi) is 10.6. The lowest BCUT2D eigenvalue weighted by molar-refractivity contribution is -0.155. The molecule has 1 aliphatic heterocycles. The first kappa shape index (κ1) is 31.8. The highest BCUT2D eigenvalue weighted by Crippen LogP contribution is 2.44. The number of nitrogens with zero attached hydrogens (tertiary/aromatic N) is 1. The van der Waals surface area contributed by atoms with Crippen molar-refractivity contribution in [3.63, 3.8) is 0 Å². The van der Waals surface area contributed by atoms with Crippen LogP contribution in [0, 0.1) is 0 Å². The number of carbonyl (C=O) groups is 2. The molecule has 0 unspecified atom stereocenters. The molecular formula is C35H42N2O6. The lowest BCUT2D eigenvalue weighted by Crippen LogP contribution is -2.49. The van der Waals surface area contributed by atoms with Crippen LogP contribution < -0.4 is 10.1 Å². The van der Waals surface area contributed by atoms with Gasteiger partial charge in [-0.15, -0.1) is 0 Å². The van der Waals surface area contributed by atoms with Crippen LogP contribution >= 0.6 is 0 Å². The number of rotatable bonds is 13. The van der Waals surface area contributed by atoms with Gasteiger partial charge in [0.2, 0.25) is 5.90 Å². The second-order valence-corrected chi connectivity index (χ2v) is 11.6. The largest absolute Gasteiger partial charge is 0.494 e. The van der Waals surface area contributed by atoms with Crippen molar-refractivity contribution in [3.05, 3.63) is 90.0 Å². The fourth-order valence-corrected chi connectivity index (χ4v) is 4.93. The predicted octanol–water partition coefficient (Wildman–Crippen LogP) is 6.02. The zero-order chi connectivity index (χ0) is 30.9. The van der Waals surface area contributed by atoms with Gasteiger partial charge in [0.05, 0.1) is 6.61 Å². The van der Waals surface area contributed by atoms with E-state index in [1.54, 1.807) is 12.1 Å². The fraction of sp³-hybridized carbons (Fsp3) is 0.400. The minimum Gasteiger partial charge on any atom is -0.494 e. The van der Waals surface area contributed by atoms with Gasteiger partial charge < -0.3 is 24.6 Å². The topological polar surface area (TPSA) is 106 Å². The smallest absolute Gasteiger partial charge is 0.306 e. The zero-order valence-electron chi connectivity index (χ0n) is 25.5. The molecule has 0 aliphatic carbocycles. The van der Waals surface area contributed by atoms with E-state index in [2.05, 4.69) is 5.32 Å². The molecule has 0 spiro atoms. The van der Waals surface area contributed by atoms with Crippen molar-refractivity contribution in [1.29, 1.82) is 0 Å². The van der Waals surface area contributed by atoms with Gasteiger partial charge in [-0.2, -0.15) is 0 Å². The number of esters is 1. The van der Waals surface area contributed by atoms with E-state index in [0.29, 0.717) is 36.8 Å². The summed E-state index contributed by atoms with van der Waals surface area (Å²) in [5, 5.41) is 12.0. The number of amides is 1. The molecule has 0 fully saturated rings. The van der Waals surface area contributed by atoms with Gasteiger partial charge in [0.1, 0.15) is 11.4 Å². The van der Waals surface area contributed by atoms with Crippen molar-refractivity contribution < 1.29 is 28.9 Å². The maximum Gasteiger partial charge on any atom is 0.306 e. The summed E-state index contributed by atoms with van der Waals surface area (Å²) in [4.78, 5) is 31.8. The zero-order valence-corrected chi connectivity index (χ0v) is 25.5. The molecule has 4 rings (SSSR count). The number of benzene rings is 3. The minimum absolute atomic E-state index is 0.00676. The highest BCUT2D eigenvalue weighted by molar-refractivity contribution is 6.01. The Labute approximate surface area is 254 Å². The molecule has 0 aromatic heterocycles. The molecule has 2 atom stereocenters. The molecule has 3 aromatic rings. The maximum atomic E-state index is 14.0. The fourth-order valence-electron chi connectivity index (χ4n) is 4.93. The SMILES string of the molecule is CCCNC(=O)[C@]1(CCC(=O)OC(C)(C)C)N=C(c2ccc(OCCCO)cc2)O[C@@H]1c1ccc(-c2ccccc2)cc1. The number of aliphatic imine (C=N–C) groups is 1. The molecule has 1 aliphatic rings. The monoisotopic (exact) mass is 586 g/mol. The molecule has 228 valence electrons. The third-order valence-electron chi connectivity index (χ3n) is 7.02. The molecule has 1 amide bonds. The number of hydrogen-bond donors (Lipinski definition) is 2. The van der Waals surface area contributed by atoms with Crippen molar-refractivity contribution in [1.82, 2.24) is 5.32 Å². The van der Waals surface area contributed by atoms with Crippen LogP contribution in [0.5, 0.6) is 5.75 Å². The van der Waals surface area contributed by atoms with Crippen LogP contribution in [-0.4, -0.2) is 53.8 Å². The first-order valence-electron chi connectivity index (χ1n) is 14.9. The van der Waals surface area contributed by atoms with E-state index < -0.39 is 23.2 Å². The summed E-state index contributed by atoms with van der Waals surface area (Å²) in [5.74, 6) is 0.269. The summed E-state index contributed by atoms with van der Waals surface area (Å²) >= 11 is 0. The molecular weight excluding hydrogens is 544 g/mol. The Morgan fingerprint density at radius 1 is 0.953 bits per heavy atom. The summed E-state index contributed by atoms with van der Waals surface area (Å²) in [5.41, 5.74) is 1.53. The van der Waals surface area contributed by atoms with Gasteiger partial charge in [0.25, 0.3) is 5.91 Å². The lowest BCUT2D eigenvalue weighted by Gasteiger charge is -2.31. The van der Waals surface area contributed by atoms with Gasteiger partial charge in [-0.1, -0.05) is 61.5 Å². The van der Waals surface area contributed by atoms with Crippen molar-refractivity contribution in [2.75, 3.05) is 19.8 Å². The number of carbonyl (C=O) groups excluding carboxylic acids is 2. The molecule has 0 radical (unpaired) electrons. The van der Waals surface area contributed by atoms with E-state index in [9.17, 15) is 9.59 Å². The van der Waals surface area contributed by atoms with Gasteiger partial charge in [-0.25, -0.2) is 4.99 Å². The predicted molar refractivity (Wildman–Crippen MR) is 167 cm³/mol. The van der Waals surface area contributed by atoms with E-state index in [0.717, 1.165) is 23.1 Å². The molecule has 3 aromatic carbocycles.